The molecule has 0 unspecified atom stereocenters. The highest BCUT2D eigenvalue weighted by Crippen LogP contribution is 2.28. The Morgan fingerprint density at radius 2 is 1.96 bits per heavy atom. The van der Waals surface area contributed by atoms with Crippen molar-refractivity contribution in [1.82, 2.24) is 19.4 Å². The second-order valence-corrected chi connectivity index (χ2v) is 7.28. The van der Waals surface area contributed by atoms with Crippen LogP contribution in [0.25, 0.3) is 28.4 Å². The van der Waals surface area contributed by atoms with Crippen molar-refractivity contribution in [2.45, 2.75) is 19.4 Å². The molecule has 4 heterocycles. The fraction of sp³-hybridized carbons (Fsp3) is 0.158. The van der Waals surface area contributed by atoms with E-state index in [4.69, 9.17) is 4.98 Å². The molecule has 0 aliphatic heterocycles. The van der Waals surface area contributed by atoms with E-state index in [2.05, 4.69) is 16.0 Å². The lowest BCUT2D eigenvalue weighted by atomic mass is 10.1. The first-order valence-corrected chi connectivity index (χ1v) is 8.88. The van der Waals surface area contributed by atoms with Crippen molar-refractivity contribution >= 4 is 17.1 Å². The summed E-state index contributed by atoms with van der Waals surface area (Å²) in [6, 6.07) is 11.6. The first-order chi connectivity index (χ1) is 12.5. The van der Waals surface area contributed by atoms with Crippen LogP contribution in [-0.4, -0.2) is 24.5 Å². The number of pyridine rings is 1. The summed E-state index contributed by atoms with van der Waals surface area (Å²) >= 11 is 1.40. The van der Waals surface area contributed by atoms with Crippen LogP contribution in [0.15, 0.2) is 48.1 Å². The number of hydrogen-bond donors (Lipinski definition) is 1. The third-order valence-corrected chi connectivity index (χ3v) is 4.88. The zero-order chi connectivity index (χ0) is 18.3. The molecule has 0 aliphatic carbocycles. The van der Waals surface area contributed by atoms with E-state index in [9.17, 15) is 10.4 Å². The molecule has 0 radical (unpaired) electrons. The Morgan fingerprint density at radius 1 is 1.15 bits per heavy atom. The second-order valence-electron chi connectivity index (χ2n) is 6.37. The zero-order valence-corrected chi connectivity index (χ0v) is 15.0. The van der Waals surface area contributed by atoms with Gasteiger partial charge in [-0.25, -0.2) is 15.0 Å². The zero-order valence-electron chi connectivity index (χ0n) is 14.2. The number of aromatic nitrogens is 4. The monoisotopic (exact) mass is 361 g/mol. The standard InChI is InChI=1S/C19H15N5OS/c1-19(2,25)17-6-8-24-15(11-21-18(24)23-17)14-5-3-4-13(22-14)12-7-9-26-16(12)10-20/h3-9,11,25H,1-2H3. The van der Waals surface area contributed by atoms with Crippen LogP contribution in [0.5, 0.6) is 0 Å². The van der Waals surface area contributed by atoms with Gasteiger partial charge in [-0.3, -0.25) is 4.40 Å². The van der Waals surface area contributed by atoms with E-state index in [-0.39, 0.29) is 0 Å². The van der Waals surface area contributed by atoms with E-state index < -0.39 is 5.60 Å². The Bertz CT molecular complexity index is 1150. The van der Waals surface area contributed by atoms with Gasteiger partial charge in [-0.15, -0.1) is 11.3 Å². The van der Waals surface area contributed by atoms with E-state index in [0.29, 0.717) is 16.3 Å². The number of nitrogens with zero attached hydrogens (tertiary/aromatic N) is 5. The number of fused-ring (bicyclic) bond motifs is 1. The van der Waals surface area contributed by atoms with Crippen LogP contribution in [0.3, 0.4) is 0 Å². The first kappa shape index (κ1) is 16.4. The van der Waals surface area contributed by atoms with Crippen molar-refractivity contribution < 1.29 is 5.11 Å². The molecule has 0 saturated heterocycles. The molecule has 0 spiro atoms. The highest BCUT2D eigenvalue weighted by Gasteiger charge is 2.19. The van der Waals surface area contributed by atoms with Crippen molar-refractivity contribution in [2.24, 2.45) is 0 Å². The molecular weight excluding hydrogens is 346 g/mol. The summed E-state index contributed by atoms with van der Waals surface area (Å²) < 4.78 is 1.83. The number of rotatable bonds is 3. The molecule has 128 valence electrons. The highest BCUT2D eigenvalue weighted by atomic mass is 32.1. The van der Waals surface area contributed by atoms with Gasteiger partial charge >= 0.3 is 0 Å². The fourth-order valence-electron chi connectivity index (χ4n) is 2.73. The topological polar surface area (TPSA) is 87.1 Å². The third-order valence-electron chi connectivity index (χ3n) is 4.06. The van der Waals surface area contributed by atoms with E-state index in [1.807, 2.05) is 40.2 Å². The van der Waals surface area contributed by atoms with Crippen LogP contribution in [0, 0.1) is 11.3 Å². The number of imidazole rings is 1. The number of hydrogen-bond acceptors (Lipinski definition) is 6. The Kier molecular flexibility index (Phi) is 3.80. The summed E-state index contributed by atoms with van der Waals surface area (Å²) in [6.07, 6.45) is 3.54. The molecule has 4 aromatic heterocycles. The Hall–Kier alpha value is -3.08. The second kappa shape index (κ2) is 6.02. The fourth-order valence-corrected chi connectivity index (χ4v) is 3.42. The molecule has 0 saturated carbocycles. The molecule has 26 heavy (non-hydrogen) atoms. The molecule has 7 heteroatoms. The van der Waals surface area contributed by atoms with E-state index in [0.717, 1.165) is 22.6 Å². The molecule has 0 bridgehead atoms. The quantitative estimate of drug-likeness (QED) is 0.602. The molecule has 0 fully saturated rings. The summed E-state index contributed by atoms with van der Waals surface area (Å²) in [5.41, 5.74) is 2.64. The minimum absolute atomic E-state index is 0.500. The molecular formula is C19H15N5OS. The number of nitriles is 1. The van der Waals surface area contributed by atoms with Gasteiger partial charge in [0, 0.05) is 11.8 Å². The van der Waals surface area contributed by atoms with Crippen LogP contribution in [0.4, 0.5) is 0 Å². The minimum Gasteiger partial charge on any atom is -0.384 e. The van der Waals surface area contributed by atoms with Gasteiger partial charge in [-0.05, 0) is 43.5 Å². The summed E-state index contributed by atoms with van der Waals surface area (Å²) in [4.78, 5) is 14.1. The summed E-state index contributed by atoms with van der Waals surface area (Å²) in [5, 5.41) is 21.3. The minimum atomic E-state index is -1.03. The Morgan fingerprint density at radius 3 is 2.73 bits per heavy atom. The molecule has 4 rings (SSSR count). The molecule has 0 aliphatic rings. The molecule has 1 N–H and O–H groups in total. The highest BCUT2D eigenvalue weighted by molar-refractivity contribution is 7.11. The Labute approximate surface area is 154 Å². The maximum atomic E-state index is 10.1. The van der Waals surface area contributed by atoms with Crippen LogP contribution < -0.4 is 0 Å². The normalized spacial score (nSPS) is 11.6. The number of thiophene rings is 1. The van der Waals surface area contributed by atoms with Gasteiger partial charge in [0.2, 0.25) is 5.78 Å². The smallest absolute Gasteiger partial charge is 0.234 e. The van der Waals surface area contributed by atoms with Crippen molar-refractivity contribution in [3.05, 3.63) is 58.7 Å². The molecule has 0 aromatic carbocycles. The lowest BCUT2D eigenvalue weighted by molar-refractivity contribution is 0.0739. The molecule has 6 nitrogen and oxygen atoms in total. The van der Waals surface area contributed by atoms with Crippen LogP contribution in [0.1, 0.15) is 24.4 Å². The van der Waals surface area contributed by atoms with Crippen LogP contribution in [-0.2, 0) is 5.60 Å². The first-order valence-electron chi connectivity index (χ1n) is 8.00. The van der Waals surface area contributed by atoms with Crippen molar-refractivity contribution in [2.75, 3.05) is 0 Å². The predicted octanol–water partition coefficient (Wildman–Crippen LogP) is 3.62. The molecule has 0 atom stereocenters. The average Bonchev–Trinajstić information content (AvgIpc) is 3.27. The largest absolute Gasteiger partial charge is 0.384 e. The number of aliphatic hydroxyl groups is 1. The van der Waals surface area contributed by atoms with E-state index in [1.165, 1.54) is 11.3 Å². The van der Waals surface area contributed by atoms with Crippen molar-refractivity contribution in [1.29, 1.82) is 5.26 Å². The van der Waals surface area contributed by atoms with Gasteiger partial charge in [-0.2, -0.15) is 5.26 Å². The maximum Gasteiger partial charge on any atom is 0.234 e. The van der Waals surface area contributed by atoms with E-state index in [1.54, 1.807) is 26.1 Å². The van der Waals surface area contributed by atoms with Crippen LogP contribution in [0.2, 0.25) is 0 Å². The third kappa shape index (κ3) is 2.75. The molecule has 4 aromatic rings. The van der Waals surface area contributed by atoms with Gasteiger partial charge in [0.25, 0.3) is 0 Å². The van der Waals surface area contributed by atoms with E-state index >= 15 is 0 Å². The summed E-state index contributed by atoms with van der Waals surface area (Å²) in [6.45, 7) is 3.38. The van der Waals surface area contributed by atoms with Gasteiger partial charge in [-0.1, -0.05) is 6.07 Å². The van der Waals surface area contributed by atoms with Crippen molar-refractivity contribution in [3.63, 3.8) is 0 Å². The summed E-state index contributed by atoms with van der Waals surface area (Å²) in [5.74, 6) is 0.500. The van der Waals surface area contributed by atoms with Crippen LogP contribution >= 0.6 is 11.3 Å². The van der Waals surface area contributed by atoms with Gasteiger partial charge in [0.15, 0.2) is 0 Å². The van der Waals surface area contributed by atoms with Gasteiger partial charge in [0.1, 0.15) is 16.5 Å². The van der Waals surface area contributed by atoms with Gasteiger partial charge < -0.3 is 5.11 Å². The lowest BCUT2D eigenvalue weighted by Crippen LogP contribution is -2.18. The maximum absolute atomic E-state index is 10.1. The summed E-state index contributed by atoms with van der Waals surface area (Å²) in [7, 11) is 0. The SMILES string of the molecule is CC(C)(O)c1ccn2c(-c3cccc(-c4ccsc4C#N)n3)cnc2n1. The lowest BCUT2D eigenvalue weighted by Gasteiger charge is -2.16. The van der Waals surface area contributed by atoms with Crippen molar-refractivity contribution in [3.8, 4) is 28.7 Å². The van der Waals surface area contributed by atoms with Gasteiger partial charge in [0.05, 0.1) is 29.0 Å². The predicted molar refractivity (Wildman–Crippen MR) is 99.5 cm³/mol. The average molecular weight is 361 g/mol. The Balaban J connectivity index is 1.82. The molecule has 0 amide bonds.